The Balaban J connectivity index is 1.97. The van der Waals surface area contributed by atoms with Gasteiger partial charge in [-0.1, -0.05) is 12.1 Å². The summed E-state index contributed by atoms with van der Waals surface area (Å²) >= 11 is 0. The number of benzene rings is 2. The normalized spacial score (nSPS) is 10.8. The molecule has 4 nitrogen and oxygen atoms in total. The van der Waals surface area contributed by atoms with E-state index < -0.39 is 0 Å². The van der Waals surface area contributed by atoms with Crippen molar-refractivity contribution < 1.29 is 5.11 Å². The van der Waals surface area contributed by atoms with Crippen molar-refractivity contribution in [2.75, 3.05) is 5.73 Å². The van der Waals surface area contributed by atoms with E-state index in [0.29, 0.717) is 6.54 Å². The highest BCUT2D eigenvalue weighted by molar-refractivity contribution is 5.40. The van der Waals surface area contributed by atoms with E-state index in [9.17, 15) is 0 Å². The van der Waals surface area contributed by atoms with Crippen molar-refractivity contribution in [2.24, 2.45) is 10.2 Å². The van der Waals surface area contributed by atoms with Gasteiger partial charge in [0.05, 0.1) is 12.2 Å². The Kier molecular flexibility index (Phi) is 3.35. The van der Waals surface area contributed by atoms with E-state index in [-0.39, 0.29) is 5.75 Å². The molecule has 0 atom stereocenters. The minimum absolute atomic E-state index is 0.225. The molecule has 17 heavy (non-hydrogen) atoms. The molecule has 0 radical (unpaired) electrons. The van der Waals surface area contributed by atoms with Gasteiger partial charge in [0.25, 0.3) is 0 Å². The molecule has 0 aliphatic rings. The minimum Gasteiger partial charge on any atom is -0.508 e. The number of rotatable bonds is 3. The number of hydrogen-bond acceptors (Lipinski definition) is 4. The van der Waals surface area contributed by atoms with Crippen molar-refractivity contribution in [2.45, 2.75) is 6.54 Å². The Labute approximate surface area is 99.4 Å². The molecule has 86 valence electrons. The molecule has 3 N–H and O–H groups in total. The van der Waals surface area contributed by atoms with E-state index >= 15 is 0 Å². The number of anilines is 1. The van der Waals surface area contributed by atoms with Crippen LogP contribution in [-0.4, -0.2) is 5.11 Å². The topological polar surface area (TPSA) is 71.0 Å². The van der Waals surface area contributed by atoms with Gasteiger partial charge in [-0.25, -0.2) is 0 Å². The standard InChI is InChI=1S/C13H13N3O/c14-11-3-1-10(2-4-11)9-15-16-12-5-7-13(17)8-6-12/h1-8,17H,9,14H2. The summed E-state index contributed by atoms with van der Waals surface area (Å²) < 4.78 is 0. The minimum atomic E-state index is 0.225. The van der Waals surface area contributed by atoms with Crippen LogP contribution in [0.15, 0.2) is 58.8 Å². The van der Waals surface area contributed by atoms with Crippen LogP contribution in [0.5, 0.6) is 5.75 Å². The first-order chi connectivity index (χ1) is 8.24. The lowest BCUT2D eigenvalue weighted by Crippen LogP contribution is -1.85. The van der Waals surface area contributed by atoms with Gasteiger partial charge in [-0.2, -0.15) is 10.2 Å². The molecule has 0 saturated heterocycles. The maximum absolute atomic E-state index is 9.10. The predicted octanol–water partition coefficient (Wildman–Crippen LogP) is 3.26. The van der Waals surface area contributed by atoms with E-state index in [0.717, 1.165) is 16.9 Å². The lowest BCUT2D eigenvalue weighted by atomic mass is 10.2. The van der Waals surface area contributed by atoms with Gasteiger partial charge in [-0.15, -0.1) is 0 Å². The predicted molar refractivity (Wildman–Crippen MR) is 67.2 cm³/mol. The highest BCUT2D eigenvalue weighted by Crippen LogP contribution is 2.17. The number of azo groups is 1. The summed E-state index contributed by atoms with van der Waals surface area (Å²) in [6, 6.07) is 14.1. The van der Waals surface area contributed by atoms with Crippen LogP contribution < -0.4 is 5.73 Å². The third kappa shape index (κ3) is 3.31. The van der Waals surface area contributed by atoms with Gasteiger partial charge in [0.15, 0.2) is 0 Å². The largest absolute Gasteiger partial charge is 0.508 e. The molecule has 2 aromatic carbocycles. The van der Waals surface area contributed by atoms with Gasteiger partial charge in [0.1, 0.15) is 5.75 Å². The molecule has 0 amide bonds. The zero-order valence-electron chi connectivity index (χ0n) is 9.24. The van der Waals surface area contributed by atoms with Crippen LogP contribution >= 0.6 is 0 Å². The van der Waals surface area contributed by atoms with Crippen molar-refractivity contribution >= 4 is 11.4 Å². The lowest BCUT2D eigenvalue weighted by molar-refractivity contribution is 0.475. The van der Waals surface area contributed by atoms with Crippen molar-refractivity contribution in [3.63, 3.8) is 0 Å². The summed E-state index contributed by atoms with van der Waals surface area (Å²) in [4.78, 5) is 0. The second-order valence-electron chi connectivity index (χ2n) is 3.66. The van der Waals surface area contributed by atoms with Gasteiger partial charge in [0, 0.05) is 5.69 Å². The number of nitrogens with zero attached hydrogens (tertiary/aromatic N) is 2. The maximum atomic E-state index is 9.10. The molecule has 0 fully saturated rings. The number of nitrogen functional groups attached to an aromatic ring is 1. The average molecular weight is 227 g/mol. The summed E-state index contributed by atoms with van der Waals surface area (Å²) in [5.74, 6) is 0.225. The van der Waals surface area contributed by atoms with Gasteiger partial charge in [0.2, 0.25) is 0 Å². The van der Waals surface area contributed by atoms with Crippen LogP contribution in [0.1, 0.15) is 5.56 Å². The van der Waals surface area contributed by atoms with Crippen LogP contribution in [0.25, 0.3) is 0 Å². The zero-order chi connectivity index (χ0) is 12.1. The Hall–Kier alpha value is -2.36. The number of aromatic hydroxyl groups is 1. The molecule has 0 aliphatic carbocycles. The van der Waals surface area contributed by atoms with Crippen molar-refractivity contribution in [1.29, 1.82) is 0 Å². The lowest BCUT2D eigenvalue weighted by Gasteiger charge is -1.97. The van der Waals surface area contributed by atoms with E-state index in [1.165, 1.54) is 0 Å². The number of nitrogens with two attached hydrogens (primary N) is 1. The molecule has 0 saturated carbocycles. The Bertz CT molecular complexity index is 503. The molecular formula is C13H13N3O. The molecule has 2 rings (SSSR count). The number of hydrogen-bond donors (Lipinski definition) is 2. The highest BCUT2D eigenvalue weighted by Gasteiger charge is 1.92. The van der Waals surface area contributed by atoms with Crippen molar-refractivity contribution in [3.8, 4) is 5.75 Å². The van der Waals surface area contributed by atoms with Crippen LogP contribution in [0.2, 0.25) is 0 Å². The van der Waals surface area contributed by atoms with Crippen LogP contribution in [0, 0.1) is 0 Å². The molecule has 0 aliphatic heterocycles. The molecule has 0 aromatic heterocycles. The van der Waals surface area contributed by atoms with E-state index in [1.807, 2.05) is 24.3 Å². The Morgan fingerprint density at radius 1 is 0.941 bits per heavy atom. The fourth-order valence-corrected chi connectivity index (χ4v) is 1.34. The first kappa shape index (κ1) is 11.1. The second kappa shape index (κ2) is 5.12. The average Bonchev–Trinajstić information content (AvgIpc) is 2.34. The zero-order valence-corrected chi connectivity index (χ0v) is 9.24. The second-order valence-corrected chi connectivity index (χ2v) is 3.66. The van der Waals surface area contributed by atoms with Crippen LogP contribution in [0.3, 0.4) is 0 Å². The third-order valence-corrected chi connectivity index (χ3v) is 2.27. The van der Waals surface area contributed by atoms with Gasteiger partial charge in [-0.3, -0.25) is 0 Å². The smallest absolute Gasteiger partial charge is 0.115 e. The quantitative estimate of drug-likeness (QED) is 0.624. The number of phenolic OH excluding ortho intramolecular Hbond substituents is 1. The van der Waals surface area contributed by atoms with Crippen molar-refractivity contribution in [1.82, 2.24) is 0 Å². The molecule has 0 heterocycles. The molecule has 2 aromatic rings. The summed E-state index contributed by atoms with van der Waals surface area (Å²) in [5, 5.41) is 17.2. The van der Waals surface area contributed by atoms with E-state index in [4.69, 9.17) is 10.8 Å². The molecule has 0 spiro atoms. The summed E-state index contributed by atoms with van der Waals surface area (Å²) in [7, 11) is 0. The number of phenols is 1. The fraction of sp³-hybridized carbons (Fsp3) is 0.0769. The molecular weight excluding hydrogens is 214 g/mol. The highest BCUT2D eigenvalue weighted by atomic mass is 16.3. The summed E-state index contributed by atoms with van der Waals surface area (Å²) in [6.45, 7) is 0.515. The first-order valence-electron chi connectivity index (χ1n) is 5.25. The summed E-state index contributed by atoms with van der Waals surface area (Å²) in [5.41, 5.74) is 8.10. The first-order valence-corrected chi connectivity index (χ1v) is 5.25. The Morgan fingerprint density at radius 3 is 2.24 bits per heavy atom. The van der Waals surface area contributed by atoms with E-state index in [1.54, 1.807) is 24.3 Å². The molecule has 0 bridgehead atoms. The maximum Gasteiger partial charge on any atom is 0.115 e. The molecule has 4 heteroatoms. The Morgan fingerprint density at radius 2 is 1.59 bits per heavy atom. The van der Waals surface area contributed by atoms with Crippen LogP contribution in [-0.2, 0) is 6.54 Å². The SMILES string of the molecule is Nc1ccc(CN=Nc2ccc(O)cc2)cc1. The molecule has 0 unspecified atom stereocenters. The van der Waals surface area contributed by atoms with Crippen molar-refractivity contribution in [3.05, 3.63) is 54.1 Å². The van der Waals surface area contributed by atoms with Gasteiger partial charge < -0.3 is 10.8 Å². The third-order valence-electron chi connectivity index (χ3n) is 2.27. The van der Waals surface area contributed by atoms with E-state index in [2.05, 4.69) is 10.2 Å². The monoisotopic (exact) mass is 227 g/mol. The summed E-state index contributed by atoms with van der Waals surface area (Å²) in [6.07, 6.45) is 0. The fourth-order valence-electron chi connectivity index (χ4n) is 1.34. The van der Waals surface area contributed by atoms with Gasteiger partial charge >= 0.3 is 0 Å². The van der Waals surface area contributed by atoms with Gasteiger partial charge in [-0.05, 0) is 42.0 Å². The van der Waals surface area contributed by atoms with Crippen LogP contribution in [0.4, 0.5) is 11.4 Å².